The first-order valence-electron chi connectivity index (χ1n) is 12.4. The van der Waals surface area contributed by atoms with Crippen molar-refractivity contribution in [1.82, 2.24) is 4.57 Å². The van der Waals surface area contributed by atoms with Crippen LogP contribution in [0.15, 0.2) is 63.8 Å². The van der Waals surface area contributed by atoms with Gasteiger partial charge in [-0.1, -0.05) is 39.0 Å². The zero-order valence-electron chi connectivity index (χ0n) is 22.4. The first-order valence-corrected chi connectivity index (χ1v) is 15.3. The van der Waals surface area contributed by atoms with Crippen molar-refractivity contribution >= 4 is 31.0 Å². The third-order valence-corrected chi connectivity index (χ3v) is 11.8. The fourth-order valence-corrected chi connectivity index (χ4v) is 5.02. The molecule has 0 fully saturated rings. The Hall–Kier alpha value is -3.56. The van der Waals surface area contributed by atoms with Crippen molar-refractivity contribution in [2.45, 2.75) is 52.4 Å². The van der Waals surface area contributed by atoms with Gasteiger partial charge in [0.15, 0.2) is 13.9 Å². The molecule has 4 aromatic rings. The number of nitrogens with zero attached hydrogens (tertiary/aromatic N) is 1. The number of rotatable bonds is 7. The number of oxazole rings is 1. The highest BCUT2D eigenvalue weighted by Gasteiger charge is 2.37. The molecule has 1 amide bonds. The lowest BCUT2D eigenvalue weighted by atomic mass is 9.99. The lowest BCUT2D eigenvalue weighted by molar-refractivity contribution is 0.101. The van der Waals surface area contributed by atoms with Crippen LogP contribution in [0.4, 0.5) is 14.5 Å². The molecule has 6 nitrogen and oxygen atoms in total. The van der Waals surface area contributed by atoms with E-state index in [2.05, 4.69) is 39.2 Å². The molecular weight excluding hydrogens is 506 g/mol. The number of anilines is 1. The Labute approximate surface area is 221 Å². The highest BCUT2D eigenvalue weighted by molar-refractivity contribution is 6.74. The fraction of sp³-hybridized carbons (Fsp3) is 0.310. The van der Waals surface area contributed by atoms with Crippen LogP contribution in [0.2, 0.25) is 18.1 Å². The van der Waals surface area contributed by atoms with Crippen LogP contribution in [0.1, 0.15) is 36.7 Å². The molecule has 0 bridgehead atoms. The van der Waals surface area contributed by atoms with Gasteiger partial charge >= 0.3 is 5.76 Å². The van der Waals surface area contributed by atoms with Gasteiger partial charge in [-0.25, -0.2) is 13.6 Å². The maximum Gasteiger partial charge on any atom is 0.420 e. The number of fused-ring (bicyclic) bond motifs is 1. The molecule has 1 aromatic heterocycles. The van der Waals surface area contributed by atoms with E-state index in [-0.39, 0.29) is 5.04 Å². The molecule has 38 heavy (non-hydrogen) atoms. The van der Waals surface area contributed by atoms with Gasteiger partial charge < -0.3 is 14.2 Å². The van der Waals surface area contributed by atoms with Gasteiger partial charge in [0.2, 0.25) is 0 Å². The summed E-state index contributed by atoms with van der Waals surface area (Å²) < 4.78 is 41.2. The number of amides is 1. The second-order valence-electron chi connectivity index (χ2n) is 10.9. The predicted molar refractivity (Wildman–Crippen MR) is 148 cm³/mol. The monoisotopic (exact) mass is 538 g/mol. The topological polar surface area (TPSA) is 73.5 Å². The van der Waals surface area contributed by atoms with Crippen molar-refractivity contribution in [3.63, 3.8) is 0 Å². The van der Waals surface area contributed by atoms with Gasteiger partial charge in [-0.05, 0) is 78.1 Å². The van der Waals surface area contributed by atoms with E-state index < -0.39 is 37.2 Å². The predicted octanol–water partition coefficient (Wildman–Crippen LogP) is 7.12. The van der Waals surface area contributed by atoms with Crippen molar-refractivity contribution in [3.8, 4) is 11.1 Å². The Bertz CT molecular complexity index is 1530. The molecule has 0 unspecified atom stereocenters. The number of aryl methyl sites for hydroxylation is 1. The van der Waals surface area contributed by atoms with Crippen molar-refractivity contribution in [2.75, 3.05) is 11.9 Å². The fourth-order valence-electron chi connectivity index (χ4n) is 3.98. The SMILES string of the molecule is Cc1cc2oc(=O)n(CCO[Si](C)(C)C(C)(C)C)c2cc1-c1ccc(NC(=O)c2c(F)cccc2F)cc1. The molecular formula is C29H32F2N2O4Si. The van der Waals surface area contributed by atoms with Crippen molar-refractivity contribution in [1.29, 1.82) is 0 Å². The molecule has 0 spiro atoms. The average Bonchev–Trinajstić information content (AvgIpc) is 3.12. The van der Waals surface area contributed by atoms with E-state index >= 15 is 0 Å². The summed E-state index contributed by atoms with van der Waals surface area (Å²) in [6.45, 7) is 13.5. The van der Waals surface area contributed by atoms with Crippen molar-refractivity contribution < 1.29 is 22.4 Å². The van der Waals surface area contributed by atoms with Crippen LogP contribution >= 0.6 is 0 Å². The number of hydrogen-bond donors (Lipinski definition) is 1. The quantitative estimate of drug-likeness (QED) is 0.254. The molecule has 0 saturated carbocycles. The number of benzene rings is 3. The lowest BCUT2D eigenvalue weighted by Gasteiger charge is -2.36. The highest BCUT2D eigenvalue weighted by atomic mass is 28.4. The molecule has 4 rings (SSSR count). The summed E-state index contributed by atoms with van der Waals surface area (Å²) in [6, 6.07) is 13.9. The van der Waals surface area contributed by atoms with E-state index in [9.17, 15) is 18.4 Å². The zero-order chi connectivity index (χ0) is 27.8. The molecule has 1 N–H and O–H groups in total. The first-order chi connectivity index (χ1) is 17.8. The third-order valence-electron chi connectivity index (χ3n) is 7.24. The van der Waals surface area contributed by atoms with Gasteiger partial charge in [0, 0.05) is 5.69 Å². The van der Waals surface area contributed by atoms with Gasteiger partial charge in [-0.2, -0.15) is 0 Å². The second-order valence-corrected chi connectivity index (χ2v) is 15.7. The normalized spacial score (nSPS) is 12.2. The van der Waals surface area contributed by atoms with Gasteiger partial charge in [0.05, 0.1) is 18.7 Å². The summed E-state index contributed by atoms with van der Waals surface area (Å²) in [5.41, 5.74) is 3.56. The molecule has 200 valence electrons. The number of halogens is 2. The molecule has 0 aliphatic carbocycles. The van der Waals surface area contributed by atoms with Crippen LogP contribution in [-0.2, 0) is 11.0 Å². The van der Waals surface area contributed by atoms with Crippen LogP contribution in [0.25, 0.3) is 22.2 Å². The zero-order valence-corrected chi connectivity index (χ0v) is 23.4. The average molecular weight is 539 g/mol. The minimum Gasteiger partial charge on any atom is -0.415 e. The third kappa shape index (κ3) is 5.49. The maximum absolute atomic E-state index is 13.9. The largest absolute Gasteiger partial charge is 0.420 e. The van der Waals surface area contributed by atoms with Crippen LogP contribution < -0.4 is 11.1 Å². The van der Waals surface area contributed by atoms with E-state index in [4.69, 9.17) is 8.84 Å². The number of aromatic nitrogens is 1. The van der Waals surface area contributed by atoms with Crippen LogP contribution in [0.5, 0.6) is 0 Å². The molecule has 0 aliphatic heterocycles. The minimum absolute atomic E-state index is 0.0652. The van der Waals surface area contributed by atoms with E-state index in [1.807, 2.05) is 19.1 Å². The lowest BCUT2D eigenvalue weighted by Crippen LogP contribution is -2.41. The van der Waals surface area contributed by atoms with Gasteiger partial charge in [0.25, 0.3) is 5.91 Å². The van der Waals surface area contributed by atoms with Gasteiger partial charge in [-0.3, -0.25) is 9.36 Å². The first kappa shape index (κ1) is 27.5. The van der Waals surface area contributed by atoms with E-state index in [0.29, 0.717) is 29.9 Å². The summed E-state index contributed by atoms with van der Waals surface area (Å²) in [4.78, 5) is 25.0. The number of carbonyl (C=O) groups excluding carboxylic acids is 1. The molecule has 3 aromatic carbocycles. The Kier molecular flexibility index (Phi) is 7.45. The smallest absolute Gasteiger partial charge is 0.415 e. The van der Waals surface area contributed by atoms with E-state index in [1.165, 1.54) is 6.07 Å². The summed E-state index contributed by atoms with van der Waals surface area (Å²) >= 11 is 0. The Morgan fingerprint density at radius 3 is 2.29 bits per heavy atom. The highest BCUT2D eigenvalue weighted by Crippen LogP contribution is 2.36. The maximum atomic E-state index is 13.9. The number of hydrogen-bond acceptors (Lipinski definition) is 4. The Morgan fingerprint density at radius 1 is 1.05 bits per heavy atom. The standard InChI is InChI=1S/C29H32F2N2O4Si/c1-18-16-25-24(33(28(35)37-25)14-15-36-38(5,6)29(2,3)4)17-21(18)19-10-12-20(13-11-19)32-27(34)26-22(30)8-7-9-23(26)31/h7-13,16-17H,14-15H2,1-6H3,(H,32,34). The van der Waals surface area contributed by atoms with Gasteiger partial charge in [-0.15, -0.1) is 0 Å². The molecule has 1 heterocycles. The minimum atomic E-state index is -1.96. The van der Waals surface area contributed by atoms with Gasteiger partial charge in [0.1, 0.15) is 17.2 Å². The molecule has 0 aliphatic rings. The van der Waals surface area contributed by atoms with E-state index in [1.54, 1.807) is 28.8 Å². The summed E-state index contributed by atoms with van der Waals surface area (Å²) in [7, 11) is -1.96. The molecule has 9 heteroatoms. The molecule has 0 atom stereocenters. The Morgan fingerprint density at radius 2 is 1.68 bits per heavy atom. The number of carbonyl (C=O) groups is 1. The van der Waals surface area contributed by atoms with E-state index in [0.717, 1.165) is 28.8 Å². The molecule has 0 saturated heterocycles. The van der Waals surface area contributed by atoms with Crippen LogP contribution in [-0.4, -0.2) is 25.4 Å². The Balaban J connectivity index is 1.57. The second kappa shape index (κ2) is 10.3. The summed E-state index contributed by atoms with van der Waals surface area (Å²) in [5.74, 6) is -3.16. The summed E-state index contributed by atoms with van der Waals surface area (Å²) in [6.07, 6.45) is 0. The van der Waals surface area contributed by atoms with Crippen LogP contribution in [0, 0.1) is 18.6 Å². The van der Waals surface area contributed by atoms with Crippen molar-refractivity contribution in [2.24, 2.45) is 0 Å². The van der Waals surface area contributed by atoms with Crippen LogP contribution in [0.3, 0.4) is 0 Å². The summed E-state index contributed by atoms with van der Waals surface area (Å²) in [5, 5.41) is 2.60. The number of nitrogens with one attached hydrogen (secondary N) is 1. The van der Waals surface area contributed by atoms with Crippen molar-refractivity contribution in [3.05, 3.63) is 87.9 Å². The molecule has 0 radical (unpaired) electrons.